The molecule has 2 aromatic carbocycles. The lowest BCUT2D eigenvalue weighted by atomic mass is 10.2. The van der Waals surface area contributed by atoms with Crippen LogP contribution in [0.1, 0.15) is 12.5 Å². The van der Waals surface area contributed by atoms with Crippen LogP contribution in [0.15, 0.2) is 42.5 Å². The number of halogens is 1. The first-order valence-electron chi connectivity index (χ1n) is 8.76. The zero-order valence-corrected chi connectivity index (χ0v) is 17.1. The van der Waals surface area contributed by atoms with Crippen molar-refractivity contribution in [2.75, 3.05) is 32.8 Å². The van der Waals surface area contributed by atoms with Gasteiger partial charge in [0, 0.05) is 6.08 Å². The topological polar surface area (TPSA) is 83.1 Å². The number of carbonyl (C=O) groups is 2. The van der Waals surface area contributed by atoms with E-state index in [0.29, 0.717) is 40.1 Å². The fraction of sp³-hybridized carbons (Fsp3) is 0.238. The maximum atomic E-state index is 12.0. The van der Waals surface area contributed by atoms with E-state index in [2.05, 4.69) is 5.32 Å². The Labute approximate surface area is 174 Å². The number of methoxy groups -OCH3 is 2. The van der Waals surface area contributed by atoms with Crippen molar-refractivity contribution in [3.05, 3.63) is 53.1 Å². The summed E-state index contributed by atoms with van der Waals surface area (Å²) in [7, 11) is 2.99. The second kappa shape index (κ2) is 11.0. The van der Waals surface area contributed by atoms with Crippen molar-refractivity contribution in [2.24, 2.45) is 0 Å². The fourth-order valence-electron chi connectivity index (χ4n) is 2.43. The van der Waals surface area contributed by atoms with Crippen LogP contribution in [0.5, 0.6) is 17.2 Å². The van der Waals surface area contributed by atoms with E-state index in [0.717, 1.165) is 0 Å². The number of esters is 1. The Morgan fingerprint density at radius 3 is 2.55 bits per heavy atom. The molecule has 1 amide bonds. The van der Waals surface area contributed by atoms with E-state index in [9.17, 15) is 9.59 Å². The van der Waals surface area contributed by atoms with E-state index < -0.39 is 18.5 Å². The van der Waals surface area contributed by atoms with Crippen LogP contribution >= 0.6 is 11.6 Å². The molecule has 0 unspecified atom stereocenters. The highest BCUT2D eigenvalue weighted by Crippen LogP contribution is 2.36. The molecule has 0 heterocycles. The second-order valence-corrected chi connectivity index (χ2v) is 6.06. The highest BCUT2D eigenvalue weighted by Gasteiger charge is 2.11. The van der Waals surface area contributed by atoms with Gasteiger partial charge in [0.2, 0.25) is 0 Å². The third-order valence-corrected chi connectivity index (χ3v) is 3.96. The molecule has 0 saturated heterocycles. The van der Waals surface area contributed by atoms with Crippen LogP contribution in [0, 0.1) is 0 Å². The summed E-state index contributed by atoms with van der Waals surface area (Å²) in [5.74, 6) is 0.231. The summed E-state index contributed by atoms with van der Waals surface area (Å²) in [4.78, 5) is 23.9. The molecule has 154 valence electrons. The molecule has 0 aliphatic heterocycles. The quantitative estimate of drug-likeness (QED) is 0.489. The molecular weight excluding hydrogens is 398 g/mol. The van der Waals surface area contributed by atoms with Crippen LogP contribution < -0.4 is 19.5 Å². The van der Waals surface area contributed by atoms with Crippen molar-refractivity contribution in [2.45, 2.75) is 6.92 Å². The van der Waals surface area contributed by atoms with Gasteiger partial charge in [0.1, 0.15) is 5.75 Å². The number of anilines is 1. The molecule has 0 bridgehead atoms. The second-order valence-electron chi connectivity index (χ2n) is 5.66. The van der Waals surface area contributed by atoms with Crippen molar-refractivity contribution in [1.29, 1.82) is 0 Å². The summed E-state index contributed by atoms with van der Waals surface area (Å²) in [6, 6.07) is 10.2. The first-order valence-corrected chi connectivity index (χ1v) is 9.14. The van der Waals surface area contributed by atoms with Crippen molar-refractivity contribution in [3.8, 4) is 17.2 Å². The molecule has 8 heteroatoms. The van der Waals surface area contributed by atoms with Gasteiger partial charge in [0.15, 0.2) is 18.1 Å². The van der Waals surface area contributed by atoms with Gasteiger partial charge in [0.25, 0.3) is 5.91 Å². The Morgan fingerprint density at radius 1 is 1.10 bits per heavy atom. The van der Waals surface area contributed by atoms with E-state index in [1.165, 1.54) is 26.4 Å². The summed E-state index contributed by atoms with van der Waals surface area (Å²) in [5, 5.41) is 2.97. The lowest BCUT2D eigenvalue weighted by Gasteiger charge is -2.11. The predicted octanol–water partition coefficient (Wildman–Crippen LogP) is 3.95. The third kappa shape index (κ3) is 6.43. The molecule has 1 N–H and O–H groups in total. The molecule has 0 spiro atoms. The molecule has 0 aliphatic carbocycles. The number of benzene rings is 2. The molecule has 7 nitrogen and oxygen atoms in total. The van der Waals surface area contributed by atoms with E-state index in [-0.39, 0.29) is 0 Å². The van der Waals surface area contributed by atoms with Gasteiger partial charge in [-0.2, -0.15) is 0 Å². The Bertz CT molecular complexity index is 897. The Morgan fingerprint density at radius 2 is 1.86 bits per heavy atom. The van der Waals surface area contributed by atoms with Crippen LogP contribution in [-0.2, 0) is 14.3 Å². The molecule has 0 atom stereocenters. The zero-order valence-electron chi connectivity index (χ0n) is 16.4. The average molecular weight is 420 g/mol. The summed E-state index contributed by atoms with van der Waals surface area (Å²) in [6.45, 7) is 1.83. The molecule has 2 rings (SSSR count). The van der Waals surface area contributed by atoms with Gasteiger partial charge in [0.05, 0.1) is 31.5 Å². The van der Waals surface area contributed by atoms with E-state index >= 15 is 0 Å². The highest BCUT2D eigenvalue weighted by atomic mass is 35.5. The van der Waals surface area contributed by atoms with Crippen molar-refractivity contribution in [3.63, 3.8) is 0 Å². The Hall–Kier alpha value is -3.19. The summed E-state index contributed by atoms with van der Waals surface area (Å²) < 4.78 is 20.8. The molecule has 0 aliphatic rings. The Balaban J connectivity index is 1.95. The third-order valence-electron chi connectivity index (χ3n) is 3.67. The number of nitrogens with one attached hydrogen (secondary N) is 1. The van der Waals surface area contributed by atoms with Crippen molar-refractivity contribution in [1.82, 2.24) is 0 Å². The fourth-order valence-corrected chi connectivity index (χ4v) is 2.72. The number of para-hydroxylation sites is 2. The normalized spacial score (nSPS) is 10.5. The molecule has 0 radical (unpaired) electrons. The molecule has 0 aromatic heterocycles. The van der Waals surface area contributed by atoms with Gasteiger partial charge in [-0.3, -0.25) is 4.79 Å². The SMILES string of the molecule is CCOc1cc(/C=C/C(=O)OCC(=O)Nc2ccccc2OC)cc(Cl)c1OC. The van der Waals surface area contributed by atoms with Crippen LogP contribution in [0.4, 0.5) is 5.69 Å². The monoisotopic (exact) mass is 419 g/mol. The van der Waals surface area contributed by atoms with Crippen molar-refractivity contribution >= 4 is 35.2 Å². The van der Waals surface area contributed by atoms with Gasteiger partial charge in [-0.25, -0.2) is 4.79 Å². The standard InChI is InChI=1S/C21H22ClNO6/c1-4-28-18-12-14(11-15(22)21(18)27-3)9-10-20(25)29-13-19(24)23-16-7-5-6-8-17(16)26-2/h5-12H,4,13H2,1-3H3,(H,23,24)/b10-9+. The summed E-state index contributed by atoms with van der Waals surface area (Å²) in [5.41, 5.74) is 1.11. The largest absolute Gasteiger partial charge is 0.495 e. The van der Waals surface area contributed by atoms with Crippen LogP contribution in [0.3, 0.4) is 0 Å². The number of rotatable bonds is 9. The van der Waals surface area contributed by atoms with Gasteiger partial charge >= 0.3 is 5.97 Å². The smallest absolute Gasteiger partial charge is 0.331 e. The average Bonchev–Trinajstić information content (AvgIpc) is 2.71. The lowest BCUT2D eigenvalue weighted by molar-refractivity contribution is -0.142. The van der Waals surface area contributed by atoms with Gasteiger partial charge in [-0.15, -0.1) is 0 Å². The Kier molecular flexibility index (Phi) is 8.36. The van der Waals surface area contributed by atoms with Crippen molar-refractivity contribution < 1.29 is 28.5 Å². The minimum atomic E-state index is -0.676. The number of carbonyl (C=O) groups excluding carboxylic acids is 2. The predicted molar refractivity (Wildman–Crippen MR) is 111 cm³/mol. The lowest BCUT2D eigenvalue weighted by Crippen LogP contribution is -2.20. The van der Waals surface area contributed by atoms with Crippen LogP contribution in [0.25, 0.3) is 6.08 Å². The van der Waals surface area contributed by atoms with Crippen LogP contribution in [0.2, 0.25) is 5.02 Å². The minimum absolute atomic E-state index is 0.350. The number of amides is 1. The molecular formula is C21H22ClNO6. The first kappa shape index (κ1) is 22.1. The minimum Gasteiger partial charge on any atom is -0.495 e. The zero-order chi connectivity index (χ0) is 21.2. The number of hydrogen-bond donors (Lipinski definition) is 1. The van der Waals surface area contributed by atoms with E-state index in [1.54, 1.807) is 36.4 Å². The van der Waals surface area contributed by atoms with Crippen LogP contribution in [-0.4, -0.2) is 39.3 Å². The molecule has 0 fully saturated rings. The summed E-state index contributed by atoms with van der Waals surface area (Å²) in [6.07, 6.45) is 2.71. The number of hydrogen-bond acceptors (Lipinski definition) is 6. The molecule has 2 aromatic rings. The van der Waals surface area contributed by atoms with E-state index in [1.807, 2.05) is 6.92 Å². The molecule has 29 heavy (non-hydrogen) atoms. The maximum absolute atomic E-state index is 12.0. The van der Waals surface area contributed by atoms with E-state index in [4.69, 9.17) is 30.5 Å². The summed E-state index contributed by atoms with van der Waals surface area (Å²) >= 11 is 6.17. The first-order chi connectivity index (χ1) is 14.0. The van der Waals surface area contributed by atoms with Gasteiger partial charge < -0.3 is 24.3 Å². The molecule has 0 saturated carbocycles. The maximum Gasteiger partial charge on any atom is 0.331 e. The number of ether oxygens (including phenoxy) is 4. The highest BCUT2D eigenvalue weighted by molar-refractivity contribution is 6.32. The van der Waals surface area contributed by atoms with Gasteiger partial charge in [-0.05, 0) is 42.8 Å². The van der Waals surface area contributed by atoms with Gasteiger partial charge in [-0.1, -0.05) is 23.7 Å².